The quantitative estimate of drug-likeness (QED) is 0.310. The number of nitrogens with one attached hydrogen (secondary N) is 1. The van der Waals surface area contributed by atoms with Gasteiger partial charge in [0.15, 0.2) is 6.04 Å². The van der Waals surface area contributed by atoms with E-state index < -0.39 is 6.04 Å². The predicted molar refractivity (Wildman–Crippen MR) is 138 cm³/mol. The topological polar surface area (TPSA) is 125 Å². The number of hydrogen-bond acceptors (Lipinski definition) is 9. The molecule has 3 aromatic heterocycles. The van der Waals surface area contributed by atoms with Crippen LogP contribution in [0.15, 0.2) is 64.6 Å². The van der Waals surface area contributed by atoms with Crippen LogP contribution in [0.25, 0.3) is 11.4 Å². The Morgan fingerprint density at radius 1 is 1.24 bits per heavy atom. The van der Waals surface area contributed by atoms with Crippen LogP contribution in [-0.4, -0.2) is 63.3 Å². The van der Waals surface area contributed by atoms with Gasteiger partial charge in [0.2, 0.25) is 11.7 Å². The summed E-state index contributed by atoms with van der Waals surface area (Å²) in [5, 5.41) is 17.4. The molecule has 198 valence electrons. The van der Waals surface area contributed by atoms with Crippen LogP contribution in [0.4, 0.5) is 0 Å². The van der Waals surface area contributed by atoms with Crippen molar-refractivity contribution in [1.82, 2.24) is 30.4 Å². The number of thiophene rings is 1. The number of carbonyl (C=O) groups excluding carboxylic acids is 2. The first-order valence-corrected chi connectivity index (χ1v) is 13.2. The highest BCUT2D eigenvalue weighted by molar-refractivity contribution is 7.09. The van der Waals surface area contributed by atoms with Gasteiger partial charge in [0.1, 0.15) is 18.1 Å². The van der Waals surface area contributed by atoms with E-state index in [1.165, 1.54) is 27.3 Å². The van der Waals surface area contributed by atoms with Crippen LogP contribution in [0.1, 0.15) is 29.5 Å². The van der Waals surface area contributed by atoms with Crippen molar-refractivity contribution in [2.45, 2.75) is 38.1 Å². The van der Waals surface area contributed by atoms with E-state index in [-0.39, 0.29) is 31.0 Å². The van der Waals surface area contributed by atoms with Crippen LogP contribution in [0.5, 0.6) is 5.75 Å². The molecule has 2 atom stereocenters. The summed E-state index contributed by atoms with van der Waals surface area (Å²) in [4.78, 5) is 30.8. The van der Waals surface area contributed by atoms with E-state index in [1.54, 1.807) is 31.4 Å². The van der Waals surface area contributed by atoms with Gasteiger partial charge >= 0.3 is 0 Å². The largest absolute Gasteiger partial charge is 0.497 e. The lowest BCUT2D eigenvalue weighted by Crippen LogP contribution is -2.46. The first-order valence-electron chi connectivity index (χ1n) is 12.3. The number of furan rings is 1. The first-order chi connectivity index (χ1) is 18.6. The Hall–Kier alpha value is -4.03. The summed E-state index contributed by atoms with van der Waals surface area (Å²) in [5.41, 5.74) is 0.738. The number of nitrogens with zero attached hydrogens (tertiary/aromatic N) is 5. The summed E-state index contributed by atoms with van der Waals surface area (Å²) < 4.78 is 16.5. The van der Waals surface area contributed by atoms with E-state index in [0.717, 1.165) is 23.3 Å². The highest BCUT2D eigenvalue weighted by Gasteiger charge is 2.35. The molecule has 0 spiro atoms. The minimum atomic E-state index is -0.981. The molecule has 38 heavy (non-hydrogen) atoms. The van der Waals surface area contributed by atoms with E-state index in [0.29, 0.717) is 30.5 Å². The maximum absolute atomic E-state index is 13.7. The van der Waals surface area contributed by atoms with Crippen LogP contribution in [-0.2, 0) is 27.4 Å². The second-order valence-corrected chi connectivity index (χ2v) is 9.80. The number of tetrazole rings is 1. The van der Waals surface area contributed by atoms with Gasteiger partial charge < -0.3 is 24.1 Å². The number of ether oxygens (including phenoxy) is 2. The van der Waals surface area contributed by atoms with Crippen LogP contribution >= 0.6 is 11.3 Å². The van der Waals surface area contributed by atoms with Crippen molar-refractivity contribution < 1.29 is 23.5 Å². The molecule has 1 aromatic carbocycles. The van der Waals surface area contributed by atoms with E-state index >= 15 is 0 Å². The van der Waals surface area contributed by atoms with Crippen molar-refractivity contribution in [2.75, 3.05) is 20.3 Å². The maximum atomic E-state index is 13.7. The van der Waals surface area contributed by atoms with Crippen molar-refractivity contribution in [3.8, 4) is 17.1 Å². The molecule has 0 aliphatic carbocycles. The summed E-state index contributed by atoms with van der Waals surface area (Å²) >= 11 is 1.50. The molecule has 1 aliphatic rings. The number of amides is 2. The van der Waals surface area contributed by atoms with Gasteiger partial charge in [-0.25, -0.2) is 0 Å². The third kappa shape index (κ3) is 6.09. The van der Waals surface area contributed by atoms with E-state index in [2.05, 4.69) is 20.7 Å². The average molecular weight is 537 g/mol. The van der Waals surface area contributed by atoms with Crippen molar-refractivity contribution in [1.29, 1.82) is 0 Å². The molecule has 1 aliphatic heterocycles. The predicted octanol–water partition coefficient (Wildman–Crippen LogP) is 3.07. The van der Waals surface area contributed by atoms with Gasteiger partial charge in [-0.15, -0.1) is 21.5 Å². The zero-order chi connectivity index (χ0) is 26.3. The van der Waals surface area contributed by atoms with Gasteiger partial charge in [-0.1, -0.05) is 6.07 Å². The Morgan fingerprint density at radius 3 is 2.79 bits per heavy atom. The highest BCUT2D eigenvalue weighted by Crippen LogP contribution is 2.26. The third-order valence-electron chi connectivity index (χ3n) is 6.21. The Balaban J connectivity index is 1.37. The standard InChI is InChI=1S/C26H28N6O5S/c1-35-19-10-8-18(9-11-19)25-28-30-32(29-25)17-23(33)31(16-21-6-4-14-38-21)24(22-7-3-13-37-22)26(34)27-15-20-5-2-12-36-20/h3-4,6-11,13-14,20,24H,2,5,12,15-17H2,1H3,(H,27,34)/t20-,24-/m1/s1. The monoisotopic (exact) mass is 536 g/mol. The summed E-state index contributed by atoms with van der Waals surface area (Å²) in [6, 6.07) is 13.5. The summed E-state index contributed by atoms with van der Waals surface area (Å²) in [6.45, 7) is 1.07. The van der Waals surface area contributed by atoms with E-state index in [1.807, 2.05) is 29.6 Å². The fraction of sp³-hybridized carbons (Fsp3) is 0.346. The second kappa shape index (κ2) is 12.0. The molecule has 0 bridgehead atoms. The lowest BCUT2D eigenvalue weighted by atomic mass is 10.1. The van der Waals surface area contributed by atoms with Gasteiger partial charge in [0.05, 0.1) is 26.0 Å². The van der Waals surface area contributed by atoms with Crippen molar-refractivity contribution in [3.05, 3.63) is 70.8 Å². The smallest absolute Gasteiger partial charge is 0.250 e. The zero-order valence-electron chi connectivity index (χ0n) is 20.9. The molecule has 4 heterocycles. The van der Waals surface area contributed by atoms with E-state index in [4.69, 9.17) is 13.9 Å². The number of carbonyl (C=O) groups is 2. The van der Waals surface area contributed by atoms with Crippen LogP contribution in [0.2, 0.25) is 0 Å². The molecular weight excluding hydrogens is 508 g/mol. The molecular formula is C26H28N6O5S. The minimum Gasteiger partial charge on any atom is -0.497 e. The van der Waals surface area contributed by atoms with Gasteiger partial charge in [0.25, 0.3) is 5.91 Å². The number of hydrogen-bond donors (Lipinski definition) is 1. The normalized spacial score (nSPS) is 15.8. The number of aromatic nitrogens is 4. The Morgan fingerprint density at radius 2 is 2.11 bits per heavy atom. The third-order valence-corrected chi connectivity index (χ3v) is 7.07. The molecule has 5 rings (SSSR count). The summed E-state index contributed by atoms with van der Waals surface area (Å²) in [5.74, 6) is 0.756. The maximum Gasteiger partial charge on any atom is 0.250 e. The van der Waals surface area contributed by atoms with E-state index in [9.17, 15) is 9.59 Å². The van der Waals surface area contributed by atoms with Gasteiger partial charge in [0, 0.05) is 23.6 Å². The molecule has 12 heteroatoms. The van der Waals surface area contributed by atoms with Crippen LogP contribution < -0.4 is 10.1 Å². The van der Waals surface area contributed by atoms with Crippen LogP contribution in [0.3, 0.4) is 0 Å². The Bertz CT molecular complexity index is 1320. The van der Waals surface area contributed by atoms with Crippen molar-refractivity contribution in [2.24, 2.45) is 0 Å². The second-order valence-electron chi connectivity index (χ2n) is 8.77. The molecule has 1 N–H and O–H groups in total. The summed E-state index contributed by atoms with van der Waals surface area (Å²) in [6.07, 6.45) is 3.31. The minimum absolute atomic E-state index is 0.0339. The SMILES string of the molecule is COc1ccc(-c2nnn(CC(=O)N(Cc3cccs3)[C@@H](C(=O)NC[C@H]3CCCO3)c3ccco3)n2)cc1. The van der Waals surface area contributed by atoms with Gasteiger partial charge in [-0.05, 0) is 65.9 Å². The van der Waals surface area contributed by atoms with Crippen molar-refractivity contribution >= 4 is 23.2 Å². The number of benzene rings is 1. The summed E-state index contributed by atoms with van der Waals surface area (Å²) in [7, 11) is 1.59. The molecule has 2 amide bonds. The zero-order valence-corrected chi connectivity index (χ0v) is 21.7. The lowest BCUT2D eigenvalue weighted by Gasteiger charge is -2.29. The molecule has 1 fully saturated rings. The molecule has 0 radical (unpaired) electrons. The molecule has 0 unspecified atom stereocenters. The average Bonchev–Trinajstić information content (AvgIpc) is 3.76. The molecule has 0 saturated carbocycles. The lowest BCUT2D eigenvalue weighted by molar-refractivity contribution is -0.143. The van der Waals surface area contributed by atoms with Gasteiger partial charge in [-0.2, -0.15) is 4.80 Å². The molecule has 11 nitrogen and oxygen atoms in total. The number of rotatable bonds is 11. The fourth-order valence-corrected chi connectivity index (χ4v) is 4.96. The first kappa shape index (κ1) is 25.6. The Kier molecular flexibility index (Phi) is 8.09. The van der Waals surface area contributed by atoms with Crippen LogP contribution in [0, 0.1) is 0 Å². The highest BCUT2D eigenvalue weighted by atomic mass is 32.1. The fourth-order valence-electron chi connectivity index (χ4n) is 4.26. The van der Waals surface area contributed by atoms with Crippen molar-refractivity contribution in [3.63, 3.8) is 0 Å². The Labute approximate surface area is 223 Å². The molecule has 1 saturated heterocycles. The molecule has 4 aromatic rings. The van der Waals surface area contributed by atoms with Gasteiger partial charge in [-0.3, -0.25) is 9.59 Å². The number of methoxy groups -OCH3 is 1.